The second-order valence-electron chi connectivity index (χ2n) is 13.7. The highest BCUT2D eigenvalue weighted by Gasteiger charge is 2.37. The zero-order valence-electron chi connectivity index (χ0n) is 31.5. The van der Waals surface area contributed by atoms with E-state index in [9.17, 15) is 0 Å². The first-order valence-electron chi connectivity index (χ1n) is 20.8. The van der Waals surface area contributed by atoms with Crippen LogP contribution in [0.2, 0.25) is 0 Å². The van der Waals surface area contributed by atoms with E-state index >= 15 is 0 Å². The molecule has 1 fully saturated rings. The average Bonchev–Trinajstić information content (AvgIpc) is 3.03. The molecule has 0 saturated heterocycles. The molecule has 0 amide bonds. The number of hydrogen-bond donors (Lipinski definition) is 0. The topological polar surface area (TPSA) is 0 Å². The maximum Gasteiger partial charge on any atom is -0.0355 e. The van der Waals surface area contributed by atoms with Crippen LogP contribution in [0.25, 0.3) is 0 Å². The van der Waals surface area contributed by atoms with Crippen molar-refractivity contribution in [3.05, 3.63) is 0 Å². The summed E-state index contributed by atoms with van der Waals surface area (Å²) >= 11 is 0. The van der Waals surface area contributed by atoms with Crippen molar-refractivity contribution in [2.45, 2.75) is 248 Å². The predicted octanol–water partition coefficient (Wildman–Crippen LogP) is 16.3. The van der Waals surface area contributed by atoms with Gasteiger partial charge < -0.3 is 0 Å². The van der Waals surface area contributed by atoms with Gasteiger partial charge in [0.1, 0.15) is 0 Å². The summed E-state index contributed by atoms with van der Waals surface area (Å²) in [6.07, 6.45) is 44.7. The van der Waals surface area contributed by atoms with Gasteiger partial charge in [-0.15, -0.1) is 0 Å². The lowest BCUT2D eigenvalue weighted by molar-refractivity contribution is 0.0582. The van der Waals surface area contributed by atoms with Crippen LogP contribution in [0.15, 0.2) is 0 Å². The molecule has 256 valence electrons. The first-order chi connectivity index (χ1) is 20.8. The van der Waals surface area contributed by atoms with Crippen LogP contribution in [0.5, 0.6) is 0 Å². The Hall–Kier alpha value is 0. The molecule has 4 atom stereocenters. The van der Waals surface area contributed by atoms with Crippen LogP contribution in [-0.4, -0.2) is 0 Å². The molecule has 0 heterocycles. The Morgan fingerprint density at radius 2 is 0.500 bits per heavy atom. The van der Waals surface area contributed by atoms with Crippen molar-refractivity contribution in [1.82, 2.24) is 0 Å². The smallest absolute Gasteiger partial charge is 0.0355 e. The molecule has 0 bridgehead atoms. The van der Waals surface area contributed by atoms with Crippen LogP contribution >= 0.6 is 0 Å². The van der Waals surface area contributed by atoms with Gasteiger partial charge in [-0.1, -0.05) is 222 Å². The van der Waals surface area contributed by atoms with Gasteiger partial charge in [-0.3, -0.25) is 0 Å². The Morgan fingerprint density at radius 1 is 0.286 bits per heavy atom. The van der Waals surface area contributed by atoms with E-state index in [2.05, 4.69) is 27.7 Å². The van der Waals surface area contributed by atoms with Gasteiger partial charge in [-0.25, -0.2) is 0 Å². The Kier molecular flexibility index (Phi) is 39.1. The van der Waals surface area contributed by atoms with E-state index in [4.69, 9.17) is 0 Å². The lowest BCUT2D eigenvalue weighted by atomic mass is 9.61. The fourth-order valence-corrected chi connectivity index (χ4v) is 7.87. The quantitative estimate of drug-likeness (QED) is 0.0792. The van der Waals surface area contributed by atoms with E-state index in [0.717, 1.165) is 23.7 Å². The van der Waals surface area contributed by atoms with E-state index in [1.54, 1.807) is 38.5 Å². The molecule has 4 unspecified atom stereocenters. The zero-order chi connectivity index (χ0) is 31.5. The van der Waals surface area contributed by atoms with Crippen LogP contribution in [0.4, 0.5) is 0 Å². The summed E-state index contributed by atoms with van der Waals surface area (Å²) in [7, 11) is 0. The molecule has 1 aliphatic rings. The van der Waals surface area contributed by atoms with Crippen LogP contribution < -0.4 is 0 Å². The van der Waals surface area contributed by atoms with Crippen molar-refractivity contribution >= 4 is 0 Å². The summed E-state index contributed by atoms with van der Waals surface area (Å²) in [5.41, 5.74) is 0. The summed E-state index contributed by atoms with van der Waals surface area (Å²) < 4.78 is 0. The first-order valence-corrected chi connectivity index (χ1v) is 20.8. The highest BCUT2D eigenvalue weighted by atomic mass is 14.4. The minimum Gasteiger partial charge on any atom is -0.0683 e. The summed E-state index contributed by atoms with van der Waals surface area (Å²) in [4.78, 5) is 0. The van der Waals surface area contributed by atoms with Crippen LogP contribution in [0, 0.1) is 23.7 Å². The summed E-state index contributed by atoms with van der Waals surface area (Å²) in [5, 5.41) is 0. The Labute approximate surface area is 271 Å². The van der Waals surface area contributed by atoms with E-state index < -0.39 is 0 Å². The van der Waals surface area contributed by atoms with Gasteiger partial charge in [0.2, 0.25) is 0 Å². The molecule has 0 heteroatoms. The summed E-state index contributed by atoms with van der Waals surface area (Å²) in [5.74, 6) is 4.24. The zero-order valence-corrected chi connectivity index (χ0v) is 31.5. The van der Waals surface area contributed by atoms with Gasteiger partial charge in [0.25, 0.3) is 0 Å². The molecule has 0 spiro atoms. The summed E-state index contributed by atoms with van der Waals surface area (Å²) in [6, 6.07) is 0. The third-order valence-electron chi connectivity index (χ3n) is 10.3. The van der Waals surface area contributed by atoms with Crippen molar-refractivity contribution in [2.75, 3.05) is 0 Å². The maximum absolute atomic E-state index is 2.38. The lowest BCUT2D eigenvalue weighted by Crippen LogP contribution is -2.35. The Balaban J connectivity index is 0. The monoisotopic (exact) mass is 593 g/mol. The van der Waals surface area contributed by atoms with Crippen LogP contribution in [0.1, 0.15) is 248 Å². The van der Waals surface area contributed by atoms with Gasteiger partial charge in [-0.05, 0) is 49.4 Å². The second kappa shape index (κ2) is 37.2. The molecule has 0 aliphatic heterocycles. The van der Waals surface area contributed by atoms with Gasteiger partial charge in [-0.2, -0.15) is 0 Å². The molecule has 0 aromatic heterocycles. The normalized spacial score (nSPS) is 20.0. The highest BCUT2D eigenvalue weighted by molar-refractivity contribution is 4.88. The molecular weight excluding hydrogens is 504 g/mol. The van der Waals surface area contributed by atoms with Crippen LogP contribution in [-0.2, 0) is 0 Å². The lowest BCUT2D eigenvalue weighted by Gasteiger charge is -2.44. The van der Waals surface area contributed by atoms with E-state index in [1.807, 2.05) is 27.7 Å². The standard InChI is InChI=1S/C38H76.2C2H6/c1-5-9-13-16-18-19-20-22-24-28-32-38-36(30-26-23-21-17-14-10-6-2)34-33-35(29-25-12-8-4)37(38)31-27-15-11-7-3;2*1-2/h35-38H,5-34H2,1-4H3;2*1-2H3. The van der Waals surface area contributed by atoms with Crippen molar-refractivity contribution in [2.24, 2.45) is 23.7 Å². The predicted molar refractivity (Wildman–Crippen MR) is 198 cm³/mol. The van der Waals surface area contributed by atoms with Gasteiger partial charge in [0, 0.05) is 0 Å². The van der Waals surface area contributed by atoms with Crippen LogP contribution in [0.3, 0.4) is 0 Å². The molecule has 42 heavy (non-hydrogen) atoms. The van der Waals surface area contributed by atoms with E-state index in [-0.39, 0.29) is 0 Å². The number of rotatable bonds is 28. The largest absolute Gasteiger partial charge is 0.0683 e. The molecular formula is C42H88. The average molecular weight is 593 g/mol. The van der Waals surface area contributed by atoms with E-state index in [0.29, 0.717) is 0 Å². The Bertz CT molecular complexity index is 453. The summed E-state index contributed by atoms with van der Waals surface area (Å²) in [6.45, 7) is 17.4. The molecule has 0 N–H and O–H groups in total. The second-order valence-corrected chi connectivity index (χ2v) is 13.7. The molecule has 1 aliphatic carbocycles. The molecule has 0 aromatic rings. The first kappa shape index (κ1) is 44.1. The third-order valence-corrected chi connectivity index (χ3v) is 10.3. The van der Waals surface area contributed by atoms with Gasteiger partial charge in [0.05, 0.1) is 0 Å². The van der Waals surface area contributed by atoms with Crippen molar-refractivity contribution < 1.29 is 0 Å². The number of hydrogen-bond acceptors (Lipinski definition) is 0. The van der Waals surface area contributed by atoms with Crippen molar-refractivity contribution in [1.29, 1.82) is 0 Å². The minimum atomic E-state index is 1.06. The fraction of sp³-hybridized carbons (Fsp3) is 1.00. The van der Waals surface area contributed by atoms with E-state index in [1.165, 1.54) is 154 Å². The highest BCUT2D eigenvalue weighted by Crippen LogP contribution is 2.47. The van der Waals surface area contributed by atoms with Crippen molar-refractivity contribution in [3.63, 3.8) is 0 Å². The van der Waals surface area contributed by atoms with Crippen molar-refractivity contribution in [3.8, 4) is 0 Å². The molecule has 0 aromatic carbocycles. The minimum absolute atomic E-state index is 1.06. The molecule has 1 saturated carbocycles. The molecule has 0 radical (unpaired) electrons. The van der Waals surface area contributed by atoms with Gasteiger partial charge >= 0.3 is 0 Å². The van der Waals surface area contributed by atoms with Gasteiger partial charge in [0.15, 0.2) is 0 Å². The molecule has 1 rings (SSSR count). The SMILES string of the molecule is CC.CC.CCCCCCCCCCCCC1C(CCCCCCCCC)CCC(CCCCC)C1CCCCCC. The third kappa shape index (κ3) is 25.3. The Morgan fingerprint density at radius 3 is 0.833 bits per heavy atom. The fourth-order valence-electron chi connectivity index (χ4n) is 7.87. The molecule has 0 nitrogen and oxygen atoms in total. The number of unbranched alkanes of at least 4 members (excludes halogenated alkanes) is 20. The maximum atomic E-state index is 2.38.